The summed E-state index contributed by atoms with van der Waals surface area (Å²) in [5.74, 6) is 2.28. The van der Waals surface area contributed by atoms with Crippen molar-refractivity contribution in [1.82, 2.24) is 14.9 Å². The molecule has 1 saturated heterocycles. The third-order valence-corrected chi connectivity index (χ3v) is 7.90. The van der Waals surface area contributed by atoms with Crippen LogP contribution in [0.1, 0.15) is 40.3 Å². The van der Waals surface area contributed by atoms with Crippen LogP contribution in [0.25, 0.3) is 5.69 Å². The smallest absolute Gasteiger partial charge is 0.174 e. The van der Waals surface area contributed by atoms with Crippen LogP contribution < -0.4 is 19.7 Å². The maximum Gasteiger partial charge on any atom is 0.174 e. The van der Waals surface area contributed by atoms with Crippen LogP contribution in [0.4, 0.5) is 5.69 Å². The molecule has 5 aromatic rings. The molecule has 206 valence electrons. The molecule has 6 nitrogen and oxygen atoms in total. The third-order valence-electron chi connectivity index (χ3n) is 7.59. The number of hydrogen-bond acceptors (Lipinski definition) is 4. The van der Waals surface area contributed by atoms with Crippen molar-refractivity contribution >= 4 is 23.0 Å². The first kappa shape index (κ1) is 26.6. The molecule has 7 heteroatoms. The van der Waals surface area contributed by atoms with E-state index >= 15 is 0 Å². The monoisotopic (exact) mass is 560 g/mol. The van der Waals surface area contributed by atoms with E-state index in [2.05, 4.69) is 84.1 Å². The molecule has 2 aromatic heterocycles. The van der Waals surface area contributed by atoms with Crippen LogP contribution >= 0.6 is 12.2 Å². The van der Waals surface area contributed by atoms with E-state index in [4.69, 9.17) is 26.7 Å². The first-order valence-electron chi connectivity index (χ1n) is 13.6. The molecule has 0 unspecified atom stereocenters. The van der Waals surface area contributed by atoms with Crippen molar-refractivity contribution in [2.75, 3.05) is 12.0 Å². The van der Waals surface area contributed by atoms with Gasteiger partial charge in [0.2, 0.25) is 0 Å². The zero-order valence-corrected chi connectivity index (χ0v) is 24.4. The Morgan fingerprint density at radius 2 is 1.41 bits per heavy atom. The average molecular weight is 561 g/mol. The van der Waals surface area contributed by atoms with Crippen molar-refractivity contribution in [2.45, 2.75) is 32.9 Å². The molecule has 0 amide bonds. The Morgan fingerprint density at radius 1 is 0.780 bits per heavy atom. The van der Waals surface area contributed by atoms with Crippen molar-refractivity contribution in [3.8, 4) is 22.9 Å². The number of ether oxygens (including phenoxy) is 2. The lowest BCUT2D eigenvalue weighted by Gasteiger charge is -2.28. The number of rotatable bonds is 7. The number of pyridine rings is 1. The number of thiocarbonyl (C=S) groups is 1. The van der Waals surface area contributed by atoms with Crippen molar-refractivity contribution in [3.63, 3.8) is 0 Å². The number of nitrogens with zero attached hydrogens (tertiary/aromatic N) is 3. The lowest BCUT2D eigenvalue weighted by atomic mass is 9.96. The molecule has 3 aromatic carbocycles. The molecule has 0 aliphatic carbocycles. The minimum Gasteiger partial charge on any atom is -0.497 e. The molecule has 41 heavy (non-hydrogen) atoms. The number of aromatic nitrogens is 2. The molecule has 1 aliphatic heterocycles. The normalized spacial score (nSPS) is 16.5. The number of hydrogen-bond donors (Lipinski definition) is 1. The van der Waals surface area contributed by atoms with E-state index in [0.717, 1.165) is 34.3 Å². The predicted molar refractivity (Wildman–Crippen MR) is 167 cm³/mol. The second-order valence-corrected chi connectivity index (χ2v) is 10.7. The highest BCUT2D eigenvalue weighted by Gasteiger charge is 2.42. The van der Waals surface area contributed by atoms with E-state index in [-0.39, 0.29) is 12.1 Å². The maximum atomic E-state index is 6.08. The van der Waals surface area contributed by atoms with Crippen molar-refractivity contribution in [1.29, 1.82) is 0 Å². The van der Waals surface area contributed by atoms with E-state index in [1.165, 1.54) is 22.5 Å². The van der Waals surface area contributed by atoms with Crippen molar-refractivity contribution in [2.24, 2.45) is 0 Å². The summed E-state index contributed by atoms with van der Waals surface area (Å²) in [5, 5.41) is 4.24. The molecule has 0 spiro atoms. The molecular weight excluding hydrogens is 528 g/mol. The first-order valence-corrected chi connectivity index (χ1v) is 14.0. The predicted octanol–water partition coefficient (Wildman–Crippen LogP) is 7.78. The summed E-state index contributed by atoms with van der Waals surface area (Å²) in [5.41, 5.74) is 7.85. The van der Waals surface area contributed by atoms with Crippen LogP contribution in [0.2, 0.25) is 0 Å². The van der Waals surface area contributed by atoms with Gasteiger partial charge in [-0.05, 0) is 117 Å². The largest absolute Gasteiger partial charge is 0.497 e. The second-order valence-electron chi connectivity index (χ2n) is 10.3. The Labute approximate surface area is 246 Å². The highest BCUT2D eigenvalue weighted by atomic mass is 32.1. The summed E-state index contributed by atoms with van der Waals surface area (Å²) in [6, 6.07) is 32.3. The van der Waals surface area contributed by atoms with Crippen LogP contribution in [0.3, 0.4) is 0 Å². The van der Waals surface area contributed by atoms with Gasteiger partial charge in [0, 0.05) is 29.0 Å². The summed E-state index contributed by atoms with van der Waals surface area (Å²) >= 11 is 5.97. The van der Waals surface area contributed by atoms with Gasteiger partial charge in [-0.3, -0.25) is 4.98 Å². The number of benzene rings is 3. The van der Waals surface area contributed by atoms with Crippen LogP contribution in [0, 0.1) is 20.8 Å². The Kier molecular flexibility index (Phi) is 7.20. The van der Waals surface area contributed by atoms with E-state index in [1.54, 1.807) is 7.11 Å². The number of anilines is 1. The van der Waals surface area contributed by atoms with E-state index in [0.29, 0.717) is 5.11 Å². The van der Waals surface area contributed by atoms with Crippen LogP contribution in [0.15, 0.2) is 103 Å². The zero-order valence-electron chi connectivity index (χ0n) is 23.5. The summed E-state index contributed by atoms with van der Waals surface area (Å²) in [7, 11) is 1.65. The molecular formula is C34H32N4O2S. The molecule has 0 bridgehead atoms. The molecule has 0 radical (unpaired) electrons. The van der Waals surface area contributed by atoms with Crippen LogP contribution in [-0.2, 0) is 0 Å². The van der Waals surface area contributed by atoms with Crippen molar-refractivity contribution < 1.29 is 9.47 Å². The van der Waals surface area contributed by atoms with Gasteiger partial charge in [-0.25, -0.2) is 0 Å². The molecule has 3 heterocycles. The minimum atomic E-state index is -0.120. The van der Waals surface area contributed by atoms with Crippen molar-refractivity contribution in [3.05, 3.63) is 131 Å². The standard InChI is InChI=1S/C34H32N4O2S/c1-22-8-10-25(11-9-22)37-23(2)21-30(24(37)3)33-32(31-7-5-6-20-35-31)36-34(41)38(33)26-12-14-28(15-13-26)40-29-18-16-27(39-4)17-19-29/h5-21,32-33H,1-4H3,(H,36,41)/t32-,33-/m1/s1. The SMILES string of the molecule is COc1ccc(Oc2ccc(N3C(=S)N[C@H](c4ccccn4)[C@H]3c3cc(C)n(-c4ccc(C)cc4)c3C)cc2)cc1. The van der Waals surface area contributed by atoms with Gasteiger partial charge in [-0.1, -0.05) is 23.8 Å². The Balaban J connectivity index is 1.38. The number of aryl methyl sites for hydroxylation is 2. The minimum absolute atomic E-state index is 0.101. The van der Waals surface area contributed by atoms with Gasteiger partial charge < -0.3 is 24.3 Å². The average Bonchev–Trinajstić information content (AvgIpc) is 3.49. The quantitative estimate of drug-likeness (QED) is 0.205. The molecule has 0 saturated carbocycles. The lowest BCUT2D eigenvalue weighted by Crippen LogP contribution is -2.29. The highest BCUT2D eigenvalue weighted by Crippen LogP contribution is 2.44. The molecule has 1 fully saturated rings. The van der Waals surface area contributed by atoms with Gasteiger partial charge in [0.1, 0.15) is 17.2 Å². The fourth-order valence-corrected chi connectivity index (χ4v) is 5.93. The lowest BCUT2D eigenvalue weighted by molar-refractivity contribution is 0.413. The zero-order chi connectivity index (χ0) is 28.5. The third kappa shape index (κ3) is 5.16. The van der Waals surface area contributed by atoms with Gasteiger partial charge in [0.25, 0.3) is 0 Å². The number of nitrogens with one attached hydrogen (secondary N) is 1. The Hall–Kier alpha value is -4.62. The number of methoxy groups -OCH3 is 1. The molecule has 2 atom stereocenters. The van der Waals surface area contributed by atoms with Gasteiger partial charge >= 0.3 is 0 Å². The van der Waals surface area contributed by atoms with E-state index in [1.807, 2.05) is 54.7 Å². The van der Waals surface area contributed by atoms with Gasteiger partial charge in [0.05, 0.1) is 24.9 Å². The summed E-state index contributed by atoms with van der Waals surface area (Å²) in [4.78, 5) is 6.92. The summed E-state index contributed by atoms with van der Waals surface area (Å²) in [6.45, 7) is 6.45. The molecule has 1 N–H and O–H groups in total. The van der Waals surface area contributed by atoms with E-state index in [9.17, 15) is 0 Å². The fourth-order valence-electron chi connectivity index (χ4n) is 5.58. The Bertz CT molecular complexity index is 1660. The summed E-state index contributed by atoms with van der Waals surface area (Å²) < 4.78 is 13.7. The van der Waals surface area contributed by atoms with Gasteiger partial charge in [0.15, 0.2) is 5.11 Å². The van der Waals surface area contributed by atoms with Gasteiger partial charge in [-0.15, -0.1) is 0 Å². The first-order chi connectivity index (χ1) is 19.9. The second kappa shape index (κ2) is 11.1. The highest BCUT2D eigenvalue weighted by molar-refractivity contribution is 7.80. The van der Waals surface area contributed by atoms with Crippen LogP contribution in [-0.4, -0.2) is 21.8 Å². The molecule has 6 rings (SSSR count). The van der Waals surface area contributed by atoms with Crippen LogP contribution in [0.5, 0.6) is 17.2 Å². The topological polar surface area (TPSA) is 51.6 Å². The fraction of sp³-hybridized carbons (Fsp3) is 0.176. The molecule has 1 aliphatic rings. The summed E-state index contributed by atoms with van der Waals surface area (Å²) in [6.07, 6.45) is 1.83. The van der Waals surface area contributed by atoms with E-state index < -0.39 is 0 Å². The van der Waals surface area contributed by atoms with Gasteiger partial charge in [-0.2, -0.15) is 0 Å². The Morgan fingerprint density at radius 3 is 2.05 bits per heavy atom. The maximum absolute atomic E-state index is 6.08.